The predicted molar refractivity (Wildman–Crippen MR) is 132 cm³/mol. The number of benzene rings is 4. The van der Waals surface area contributed by atoms with Crippen LogP contribution in [0.5, 0.6) is 17.2 Å². The Labute approximate surface area is 202 Å². The van der Waals surface area contributed by atoms with Gasteiger partial charge in [-0.3, -0.25) is 4.79 Å². The summed E-state index contributed by atoms with van der Waals surface area (Å²) < 4.78 is 16.0. The van der Waals surface area contributed by atoms with E-state index in [1.807, 2.05) is 42.5 Å². The largest absolute Gasteiger partial charge is 0.497 e. The molecule has 1 aliphatic heterocycles. The third-order valence-corrected chi connectivity index (χ3v) is 6.05. The number of carbonyl (C=O) groups is 2. The Balaban J connectivity index is 1.70. The molecular weight excluding hydrogens is 444 g/mol. The highest BCUT2D eigenvalue weighted by molar-refractivity contribution is 6.26. The highest BCUT2D eigenvalue weighted by atomic mass is 16.7. The molecule has 4 aromatic carbocycles. The molecule has 174 valence electrons. The smallest absolute Gasteiger partial charge is 0.336 e. The van der Waals surface area contributed by atoms with Gasteiger partial charge in [-0.25, -0.2) is 4.79 Å². The van der Waals surface area contributed by atoms with Crippen LogP contribution < -0.4 is 14.2 Å². The maximum Gasteiger partial charge on any atom is 0.336 e. The van der Waals surface area contributed by atoms with Crippen LogP contribution in [-0.2, 0) is 11.2 Å². The predicted octanol–water partition coefficient (Wildman–Crippen LogP) is 5.54. The van der Waals surface area contributed by atoms with E-state index in [0.717, 1.165) is 16.3 Å². The first-order valence-electron chi connectivity index (χ1n) is 11.1. The Morgan fingerprint density at radius 1 is 0.857 bits per heavy atom. The number of carbonyl (C=O) groups excluding carboxylic acids is 1. The van der Waals surface area contributed by atoms with Crippen LogP contribution in [0.3, 0.4) is 0 Å². The summed E-state index contributed by atoms with van der Waals surface area (Å²) in [4.78, 5) is 26.4. The molecule has 0 aliphatic carbocycles. The molecule has 0 amide bonds. The Kier molecular flexibility index (Phi) is 5.94. The van der Waals surface area contributed by atoms with E-state index in [9.17, 15) is 14.7 Å². The maximum absolute atomic E-state index is 13.8. The lowest BCUT2D eigenvalue weighted by atomic mass is 9.88. The molecule has 0 atom stereocenters. The quantitative estimate of drug-likeness (QED) is 0.284. The molecule has 6 heteroatoms. The van der Waals surface area contributed by atoms with E-state index < -0.39 is 5.97 Å². The van der Waals surface area contributed by atoms with Gasteiger partial charge in [-0.15, -0.1) is 0 Å². The van der Waals surface area contributed by atoms with Crippen LogP contribution in [0.15, 0.2) is 90.5 Å². The van der Waals surface area contributed by atoms with Crippen LogP contribution in [0.1, 0.15) is 21.5 Å². The second-order valence-corrected chi connectivity index (χ2v) is 8.10. The zero-order valence-corrected chi connectivity index (χ0v) is 19.0. The second kappa shape index (κ2) is 9.35. The summed E-state index contributed by atoms with van der Waals surface area (Å²) in [5.41, 5.74) is 1.72. The molecule has 35 heavy (non-hydrogen) atoms. The first-order valence-corrected chi connectivity index (χ1v) is 11.1. The second-order valence-electron chi connectivity index (χ2n) is 8.10. The Morgan fingerprint density at radius 3 is 2.34 bits per heavy atom. The summed E-state index contributed by atoms with van der Waals surface area (Å²) in [5, 5.41) is 12.3. The van der Waals surface area contributed by atoms with E-state index in [-0.39, 0.29) is 30.1 Å². The van der Waals surface area contributed by atoms with Crippen molar-refractivity contribution in [1.82, 2.24) is 0 Å². The molecule has 1 aliphatic rings. The molecular formula is C29H22O6. The highest BCUT2D eigenvalue weighted by Crippen LogP contribution is 2.36. The summed E-state index contributed by atoms with van der Waals surface area (Å²) in [6, 6.07) is 25.2. The lowest BCUT2D eigenvalue weighted by Gasteiger charge is -2.15. The number of methoxy groups -OCH3 is 1. The number of rotatable bonds is 7. The summed E-state index contributed by atoms with van der Waals surface area (Å²) in [6.45, 7) is 0.0680. The van der Waals surface area contributed by atoms with E-state index in [1.165, 1.54) is 0 Å². The molecule has 1 N–H and O–H groups in total. The number of carboxylic acids is 1. The van der Waals surface area contributed by atoms with Crippen LogP contribution >= 0.6 is 0 Å². The molecule has 0 radical (unpaired) electrons. The Hall–Kier alpha value is -4.58. The van der Waals surface area contributed by atoms with Gasteiger partial charge in [-0.2, -0.15) is 0 Å². The molecule has 0 saturated heterocycles. The van der Waals surface area contributed by atoms with Crippen molar-refractivity contribution in [3.63, 3.8) is 0 Å². The van der Waals surface area contributed by atoms with Gasteiger partial charge in [-0.05, 0) is 58.3 Å². The van der Waals surface area contributed by atoms with Crippen LogP contribution in [-0.4, -0.2) is 30.8 Å². The minimum Gasteiger partial charge on any atom is -0.497 e. The van der Waals surface area contributed by atoms with Gasteiger partial charge in [0.25, 0.3) is 0 Å². The summed E-state index contributed by atoms with van der Waals surface area (Å²) in [6.07, 6.45) is 0.141. The first kappa shape index (κ1) is 22.2. The third kappa shape index (κ3) is 4.34. The van der Waals surface area contributed by atoms with Crippen LogP contribution in [0, 0.1) is 0 Å². The summed E-state index contributed by atoms with van der Waals surface area (Å²) >= 11 is 0. The average Bonchev–Trinajstić information content (AvgIpc) is 3.36. The zero-order valence-electron chi connectivity index (χ0n) is 19.0. The monoisotopic (exact) mass is 466 g/mol. The maximum atomic E-state index is 13.8. The molecule has 0 bridgehead atoms. The minimum absolute atomic E-state index is 0.0680. The molecule has 0 fully saturated rings. The Morgan fingerprint density at radius 2 is 1.57 bits per heavy atom. The first-order chi connectivity index (χ1) is 17.0. The molecule has 4 aromatic rings. The van der Waals surface area contributed by atoms with Gasteiger partial charge in [0.1, 0.15) is 5.75 Å². The number of hydrogen-bond donors (Lipinski definition) is 1. The van der Waals surface area contributed by atoms with Gasteiger partial charge in [-0.1, -0.05) is 48.5 Å². The van der Waals surface area contributed by atoms with Crippen molar-refractivity contribution in [3.05, 3.63) is 107 Å². The fourth-order valence-electron chi connectivity index (χ4n) is 4.31. The van der Waals surface area contributed by atoms with E-state index >= 15 is 0 Å². The van der Waals surface area contributed by atoms with E-state index in [1.54, 1.807) is 49.6 Å². The normalized spacial score (nSPS) is 12.8. The van der Waals surface area contributed by atoms with Crippen molar-refractivity contribution in [2.45, 2.75) is 6.42 Å². The zero-order chi connectivity index (χ0) is 24.4. The number of ketones is 1. The fraction of sp³-hybridized carbons (Fsp3) is 0.103. The molecule has 6 nitrogen and oxygen atoms in total. The fourth-order valence-corrected chi connectivity index (χ4v) is 4.31. The van der Waals surface area contributed by atoms with Crippen molar-refractivity contribution >= 4 is 28.1 Å². The number of ether oxygens (including phenoxy) is 3. The van der Waals surface area contributed by atoms with Gasteiger partial charge < -0.3 is 19.3 Å². The van der Waals surface area contributed by atoms with Crippen molar-refractivity contribution in [2.24, 2.45) is 0 Å². The van der Waals surface area contributed by atoms with Gasteiger partial charge in [0, 0.05) is 17.6 Å². The van der Waals surface area contributed by atoms with Crippen LogP contribution in [0.2, 0.25) is 0 Å². The Bertz CT molecular complexity index is 1460. The number of Topliss-reactive ketones (excluding diaryl/α,β-unsaturated/α-hetero) is 1. The molecule has 0 saturated carbocycles. The summed E-state index contributed by atoms with van der Waals surface area (Å²) in [7, 11) is 1.55. The topological polar surface area (TPSA) is 82.1 Å². The number of fused-ring (bicyclic) bond motifs is 2. The number of carboxylic acid groups (broad SMARTS) is 1. The SMILES string of the molecule is COc1ccc(C(=O)/C(Cc2cccc3ccccc23)=C(\C(=O)O)c2ccc3c(c2)OCO3)cc1. The lowest BCUT2D eigenvalue weighted by Crippen LogP contribution is -2.14. The van der Waals surface area contributed by atoms with Gasteiger partial charge in [0.05, 0.1) is 12.7 Å². The molecule has 0 unspecified atom stereocenters. The van der Waals surface area contributed by atoms with Crippen LogP contribution in [0.4, 0.5) is 0 Å². The number of allylic oxidation sites excluding steroid dienone is 1. The molecule has 5 rings (SSSR count). The molecule has 0 spiro atoms. The van der Waals surface area contributed by atoms with Crippen molar-refractivity contribution in [3.8, 4) is 17.2 Å². The number of aliphatic carboxylic acids is 1. The van der Waals surface area contributed by atoms with Gasteiger partial charge in [0.2, 0.25) is 6.79 Å². The third-order valence-electron chi connectivity index (χ3n) is 6.05. The van der Waals surface area contributed by atoms with E-state index in [0.29, 0.717) is 28.4 Å². The van der Waals surface area contributed by atoms with E-state index in [4.69, 9.17) is 14.2 Å². The standard InChI is InChI=1S/C29H22O6/c1-33-22-12-9-19(10-13-22)28(30)24(15-20-7-4-6-18-5-2-3-8-23(18)20)27(29(31)32)21-11-14-25-26(16-21)35-17-34-25/h2-14,16H,15,17H2,1H3,(H,31,32)/b27-24-. The highest BCUT2D eigenvalue weighted by Gasteiger charge is 2.26. The molecule has 1 heterocycles. The molecule has 0 aromatic heterocycles. The lowest BCUT2D eigenvalue weighted by molar-refractivity contribution is -0.130. The van der Waals surface area contributed by atoms with Crippen molar-refractivity contribution in [2.75, 3.05) is 13.9 Å². The van der Waals surface area contributed by atoms with Crippen molar-refractivity contribution in [1.29, 1.82) is 0 Å². The minimum atomic E-state index is -1.19. The van der Waals surface area contributed by atoms with Crippen molar-refractivity contribution < 1.29 is 28.9 Å². The van der Waals surface area contributed by atoms with E-state index in [2.05, 4.69) is 0 Å². The van der Waals surface area contributed by atoms with Gasteiger partial charge in [0.15, 0.2) is 17.3 Å². The van der Waals surface area contributed by atoms with Crippen LogP contribution in [0.25, 0.3) is 16.3 Å². The van der Waals surface area contributed by atoms with Gasteiger partial charge >= 0.3 is 5.97 Å². The summed E-state index contributed by atoms with van der Waals surface area (Å²) in [5.74, 6) is 0.0326. The average molecular weight is 466 g/mol. The number of hydrogen-bond acceptors (Lipinski definition) is 5.